The third-order valence-electron chi connectivity index (χ3n) is 4.07. The van der Waals surface area contributed by atoms with Gasteiger partial charge in [-0.2, -0.15) is 0 Å². The average Bonchev–Trinajstić information content (AvgIpc) is 2.70. The molecule has 0 saturated carbocycles. The van der Waals surface area contributed by atoms with Crippen LogP contribution >= 0.6 is 22.6 Å². The highest BCUT2D eigenvalue weighted by atomic mass is 127. The summed E-state index contributed by atoms with van der Waals surface area (Å²) in [6, 6.07) is 19.2. The van der Waals surface area contributed by atoms with Gasteiger partial charge in [0.15, 0.2) is 0 Å². The molecule has 2 aromatic heterocycles. The summed E-state index contributed by atoms with van der Waals surface area (Å²) < 4.78 is 1.06. The number of fused-ring (bicyclic) bond motifs is 1. The molecule has 4 aromatic rings. The molecule has 6 heteroatoms. The van der Waals surface area contributed by atoms with Gasteiger partial charge in [-0.3, -0.25) is 9.97 Å². The normalized spacial score (nSPS) is 10.6. The highest BCUT2D eigenvalue weighted by Crippen LogP contribution is 2.32. The summed E-state index contributed by atoms with van der Waals surface area (Å²) in [5.74, 6) is 0. The SMILES string of the molecule is O=C(Nc1cccnc1)Nc1ccc(I)c(-c2nccc3ccccc23)c1. The molecule has 0 aliphatic carbocycles. The Morgan fingerprint density at radius 2 is 1.74 bits per heavy atom. The van der Waals surface area contributed by atoms with Gasteiger partial charge in [-0.25, -0.2) is 4.79 Å². The van der Waals surface area contributed by atoms with Gasteiger partial charge in [0.25, 0.3) is 0 Å². The molecular formula is C21H15IN4O. The predicted octanol–water partition coefficient (Wildman–Crippen LogP) is 5.55. The zero-order valence-electron chi connectivity index (χ0n) is 14.2. The van der Waals surface area contributed by atoms with E-state index < -0.39 is 0 Å². The van der Waals surface area contributed by atoms with Crippen molar-refractivity contribution in [3.8, 4) is 11.3 Å². The Labute approximate surface area is 170 Å². The summed E-state index contributed by atoms with van der Waals surface area (Å²) in [6.07, 6.45) is 5.06. The van der Waals surface area contributed by atoms with E-state index in [9.17, 15) is 4.79 Å². The van der Waals surface area contributed by atoms with E-state index in [1.165, 1.54) is 0 Å². The zero-order valence-corrected chi connectivity index (χ0v) is 16.3. The van der Waals surface area contributed by atoms with Crippen LogP contribution in [0.3, 0.4) is 0 Å². The Balaban J connectivity index is 1.64. The van der Waals surface area contributed by atoms with Crippen molar-refractivity contribution in [3.63, 3.8) is 0 Å². The van der Waals surface area contributed by atoms with E-state index in [0.29, 0.717) is 11.4 Å². The number of benzene rings is 2. The largest absolute Gasteiger partial charge is 0.323 e. The minimum Gasteiger partial charge on any atom is -0.308 e. The number of nitrogens with one attached hydrogen (secondary N) is 2. The van der Waals surface area contributed by atoms with Crippen LogP contribution in [0.25, 0.3) is 22.0 Å². The van der Waals surface area contributed by atoms with Gasteiger partial charge in [0.2, 0.25) is 0 Å². The van der Waals surface area contributed by atoms with Crippen molar-refractivity contribution in [2.24, 2.45) is 0 Å². The fourth-order valence-corrected chi connectivity index (χ4v) is 3.44. The van der Waals surface area contributed by atoms with Crippen LogP contribution in [-0.4, -0.2) is 16.0 Å². The van der Waals surface area contributed by atoms with Crippen molar-refractivity contribution in [1.82, 2.24) is 9.97 Å². The molecule has 0 spiro atoms. The smallest absolute Gasteiger partial charge is 0.308 e. The molecule has 27 heavy (non-hydrogen) atoms. The maximum atomic E-state index is 12.3. The number of urea groups is 1. The molecule has 0 radical (unpaired) electrons. The first-order valence-electron chi connectivity index (χ1n) is 8.32. The summed E-state index contributed by atoms with van der Waals surface area (Å²) in [5.41, 5.74) is 3.21. The number of carbonyl (C=O) groups is 1. The van der Waals surface area contributed by atoms with Crippen molar-refractivity contribution in [2.45, 2.75) is 0 Å². The maximum Gasteiger partial charge on any atom is 0.323 e. The number of hydrogen-bond acceptors (Lipinski definition) is 3. The number of aromatic nitrogens is 2. The van der Waals surface area contributed by atoms with Crippen LogP contribution in [0.2, 0.25) is 0 Å². The average molecular weight is 466 g/mol. The van der Waals surface area contributed by atoms with Crippen LogP contribution in [0.5, 0.6) is 0 Å². The van der Waals surface area contributed by atoms with Gasteiger partial charge in [-0.15, -0.1) is 0 Å². The Hall–Kier alpha value is -3.00. The summed E-state index contributed by atoms with van der Waals surface area (Å²) >= 11 is 2.29. The molecule has 2 amide bonds. The van der Waals surface area contributed by atoms with Crippen LogP contribution < -0.4 is 10.6 Å². The summed E-state index contributed by atoms with van der Waals surface area (Å²) in [4.78, 5) is 20.8. The second-order valence-corrected chi connectivity index (χ2v) is 7.06. The summed E-state index contributed by atoms with van der Waals surface area (Å²) in [5, 5.41) is 7.84. The molecule has 2 heterocycles. The minimum absolute atomic E-state index is 0.318. The monoisotopic (exact) mass is 466 g/mol. The topological polar surface area (TPSA) is 66.9 Å². The number of anilines is 2. The van der Waals surface area contributed by atoms with E-state index in [0.717, 1.165) is 25.6 Å². The van der Waals surface area contributed by atoms with Crippen molar-refractivity contribution in [2.75, 3.05) is 10.6 Å². The first kappa shape index (κ1) is 17.4. The van der Waals surface area contributed by atoms with Gasteiger partial charge in [0.05, 0.1) is 17.6 Å². The lowest BCUT2D eigenvalue weighted by atomic mass is 10.0. The highest BCUT2D eigenvalue weighted by Gasteiger charge is 2.11. The number of pyridine rings is 2. The molecule has 0 unspecified atom stereocenters. The van der Waals surface area contributed by atoms with Crippen LogP contribution in [0.1, 0.15) is 0 Å². The van der Waals surface area contributed by atoms with E-state index in [1.807, 2.05) is 42.6 Å². The van der Waals surface area contributed by atoms with E-state index >= 15 is 0 Å². The molecule has 0 aliphatic rings. The number of carbonyl (C=O) groups excluding carboxylic acids is 1. The second kappa shape index (κ2) is 7.71. The number of amides is 2. The van der Waals surface area contributed by atoms with E-state index in [-0.39, 0.29) is 6.03 Å². The first-order valence-corrected chi connectivity index (χ1v) is 9.40. The molecule has 4 rings (SSSR count). The fraction of sp³-hybridized carbons (Fsp3) is 0. The molecule has 2 aromatic carbocycles. The lowest BCUT2D eigenvalue weighted by molar-refractivity contribution is 0.262. The van der Waals surface area contributed by atoms with Crippen LogP contribution in [0, 0.1) is 3.57 Å². The van der Waals surface area contributed by atoms with Crippen molar-refractivity contribution < 1.29 is 4.79 Å². The van der Waals surface area contributed by atoms with Gasteiger partial charge in [-0.1, -0.05) is 24.3 Å². The highest BCUT2D eigenvalue weighted by molar-refractivity contribution is 14.1. The summed E-state index contributed by atoms with van der Waals surface area (Å²) in [7, 11) is 0. The molecule has 132 valence electrons. The Bertz CT molecular complexity index is 1110. The van der Waals surface area contributed by atoms with Crippen LogP contribution in [0.4, 0.5) is 16.2 Å². The lowest BCUT2D eigenvalue weighted by Crippen LogP contribution is -2.19. The van der Waals surface area contributed by atoms with E-state index in [4.69, 9.17) is 0 Å². The molecule has 0 atom stereocenters. The van der Waals surface area contributed by atoms with Crippen LogP contribution in [0.15, 0.2) is 79.3 Å². The third-order valence-corrected chi connectivity index (χ3v) is 5.01. The Kier molecular flexibility index (Phi) is 4.97. The Morgan fingerprint density at radius 3 is 2.59 bits per heavy atom. The number of nitrogens with zero attached hydrogens (tertiary/aromatic N) is 2. The molecule has 0 saturated heterocycles. The molecule has 0 aliphatic heterocycles. The van der Waals surface area contributed by atoms with Gasteiger partial charge in [0.1, 0.15) is 0 Å². The van der Waals surface area contributed by atoms with E-state index in [1.54, 1.807) is 24.5 Å². The first-order chi connectivity index (χ1) is 13.2. The quantitative estimate of drug-likeness (QED) is 0.390. The van der Waals surface area contributed by atoms with Crippen molar-refractivity contribution >= 4 is 50.8 Å². The number of rotatable bonds is 3. The van der Waals surface area contributed by atoms with Crippen molar-refractivity contribution in [1.29, 1.82) is 0 Å². The Morgan fingerprint density at radius 1 is 0.889 bits per heavy atom. The third kappa shape index (κ3) is 3.90. The fourth-order valence-electron chi connectivity index (χ4n) is 2.85. The maximum absolute atomic E-state index is 12.3. The van der Waals surface area contributed by atoms with E-state index in [2.05, 4.69) is 55.3 Å². The molecule has 0 fully saturated rings. The van der Waals surface area contributed by atoms with Gasteiger partial charge in [-0.05, 0) is 64.4 Å². The molecule has 0 bridgehead atoms. The molecule has 5 nitrogen and oxygen atoms in total. The molecular weight excluding hydrogens is 451 g/mol. The predicted molar refractivity (Wildman–Crippen MR) is 117 cm³/mol. The van der Waals surface area contributed by atoms with Crippen LogP contribution in [-0.2, 0) is 0 Å². The second-order valence-electron chi connectivity index (χ2n) is 5.90. The lowest BCUT2D eigenvalue weighted by Gasteiger charge is -2.12. The summed E-state index contributed by atoms with van der Waals surface area (Å²) in [6.45, 7) is 0. The molecule has 2 N–H and O–H groups in total. The zero-order chi connectivity index (χ0) is 18.6. The van der Waals surface area contributed by atoms with Crippen molar-refractivity contribution in [3.05, 3.63) is 82.8 Å². The minimum atomic E-state index is -0.318. The van der Waals surface area contributed by atoms with Gasteiger partial charge in [0, 0.05) is 32.6 Å². The number of hydrogen-bond donors (Lipinski definition) is 2. The van der Waals surface area contributed by atoms with Gasteiger partial charge >= 0.3 is 6.03 Å². The number of halogens is 1. The standard InChI is InChI=1S/C21H15IN4O/c22-19-8-7-15(25-21(27)26-16-5-3-10-23-13-16)12-18(19)20-17-6-2-1-4-14(17)9-11-24-20/h1-13H,(H2,25,26,27). The van der Waals surface area contributed by atoms with Gasteiger partial charge < -0.3 is 10.6 Å².